The van der Waals surface area contributed by atoms with Crippen molar-refractivity contribution in [3.05, 3.63) is 23.9 Å². The third-order valence-electron chi connectivity index (χ3n) is 2.41. The molecule has 0 bridgehead atoms. The highest BCUT2D eigenvalue weighted by Crippen LogP contribution is 2.41. The zero-order valence-electron chi connectivity index (χ0n) is 8.42. The molecule has 1 fully saturated rings. The van der Waals surface area contributed by atoms with Gasteiger partial charge in [-0.2, -0.15) is 13.2 Å². The lowest BCUT2D eigenvalue weighted by Gasteiger charge is -2.11. The maximum absolute atomic E-state index is 11.9. The molecule has 1 aliphatic carbocycles. The maximum Gasteiger partial charge on any atom is 0.422 e. The molecule has 88 valence electrons. The van der Waals surface area contributed by atoms with E-state index in [1.54, 1.807) is 12.1 Å². The summed E-state index contributed by atoms with van der Waals surface area (Å²) in [6, 6.07) is 4.69. The first-order chi connectivity index (χ1) is 7.39. The van der Waals surface area contributed by atoms with Crippen LogP contribution in [0.15, 0.2) is 18.2 Å². The number of ether oxygens (including phenoxy) is 1. The van der Waals surface area contributed by atoms with Crippen LogP contribution in [-0.4, -0.2) is 17.8 Å². The average Bonchev–Trinajstić information content (AvgIpc) is 2.95. The Morgan fingerprint density at radius 1 is 1.38 bits per heavy atom. The Balaban J connectivity index is 2.05. The van der Waals surface area contributed by atoms with Gasteiger partial charge in [0.15, 0.2) is 6.61 Å². The summed E-state index contributed by atoms with van der Waals surface area (Å²) in [4.78, 5) is 3.96. The van der Waals surface area contributed by atoms with E-state index in [0.717, 1.165) is 12.8 Å². The quantitative estimate of drug-likeness (QED) is 0.866. The van der Waals surface area contributed by atoms with Gasteiger partial charge < -0.3 is 10.5 Å². The van der Waals surface area contributed by atoms with Crippen LogP contribution in [-0.2, 0) is 5.54 Å². The van der Waals surface area contributed by atoms with E-state index in [9.17, 15) is 13.2 Å². The Bertz CT molecular complexity index is 388. The number of rotatable bonds is 3. The molecule has 2 N–H and O–H groups in total. The fourth-order valence-corrected chi connectivity index (χ4v) is 1.32. The minimum Gasteiger partial charge on any atom is -0.468 e. The van der Waals surface area contributed by atoms with E-state index in [2.05, 4.69) is 9.72 Å². The second kappa shape index (κ2) is 3.62. The molecule has 0 radical (unpaired) electrons. The van der Waals surface area contributed by atoms with Crippen LogP contribution in [0.25, 0.3) is 0 Å². The molecular weight excluding hydrogens is 221 g/mol. The molecule has 1 aromatic rings. The van der Waals surface area contributed by atoms with E-state index in [1.807, 2.05) is 0 Å². The molecule has 0 spiro atoms. The molecule has 0 amide bonds. The second-order valence-corrected chi connectivity index (χ2v) is 3.92. The van der Waals surface area contributed by atoms with Crippen molar-refractivity contribution >= 4 is 0 Å². The summed E-state index contributed by atoms with van der Waals surface area (Å²) < 4.78 is 40.3. The molecule has 1 heterocycles. The molecule has 1 aliphatic rings. The number of hydrogen-bond donors (Lipinski definition) is 1. The van der Waals surface area contributed by atoms with Crippen molar-refractivity contribution in [2.45, 2.75) is 24.6 Å². The second-order valence-electron chi connectivity index (χ2n) is 3.92. The maximum atomic E-state index is 11.9. The SMILES string of the molecule is NC1(c2cccc(OCC(F)(F)F)n2)CC1. The molecule has 6 heteroatoms. The summed E-state index contributed by atoms with van der Waals surface area (Å²) >= 11 is 0. The van der Waals surface area contributed by atoms with Gasteiger partial charge in [0.2, 0.25) is 5.88 Å². The number of hydrogen-bond acceptors (Lipinski definition) is 3. The summed E-state index contributed by atoms with van der Waals surface area (Å²) in [6.45, 7) is -1.33. The predicted molar refractivity (Wildman–Crippen MR) is 50.9 cm³/mol. The third kappa shape index (κ3) is 2.63. The van der Waals surface area contributed by atoms with Gasteiger partial charge in [-0.15, -0.1) is 0 Å². The Labute approximate surface area is 90.4 Å². The van der Waals surface area contributed by atoms with Crippen LogP contribution < -0.4 is 10.5 Å². The highest BCUT2D eigenvalue weighted by atomic mass is 19.4. The van der Waals surface area contributed by atoms with Gasteiger partial charge in [-0.3, -0.25) is 0 Å². The normalized spacial score (nSPS) is 18.2. The molecule has 0 aromatic carbocycles. The molecule has 0 atom stereocenters. The summed E-state index contributed by atoms with van der Waals surface area (Å²) in [5.74, 6) is -0.0356. The highest BCUT2D eigenvalue weighted by Gasteiger charge is 2.41. The zero-order chi connectivity index (χ0) is 11.8. The lowest BCUT2D eigenvalue weighted by atomic mass is 10.2. The Hall–Kier alpha value is -1.30. The topological polar surface area (TPSA) is 48.1 Å². The molecule has 1 saturated carbocycles. The number of pyridine rings is 1. The van der Waals surface area contributed by atoms with Crippen LogP contribution in [0.5, 0.6) is 5.88 Å². The van der Waals surface area contributed by atoms with Crippen molar-refractivity contribution in [1.29, 1.82) is 0 Å². The van der Waals surface area contributed by atoms with Gasteiger partial charge in [0, 0.05) is 6.07 Å². The van der Waals surface area contributed by atoms with Gasteiger partial charge >= 0.3 is 6.18 Å². The van der Waals surface area contributed by atoms with Crippen molar-refractivity contribution in [2.75, 3.05) is 6.61 Å². The predicted octanol–water partition coefficient (Wildman–Crippen LogP) is 1.97. The molecule has 1 aromatic heterocycles. The minimum atomic E-state index is -4.35. The lowest BCUT2D eigenvalue weighted by molar-refractivity contribution is -0.154. The first-order valence-electron chi connectivity index (χ1n) is 4.85. The van der Waals surface area contributed by atoms with Crippen molar-refractivity contribution in [3.63, 3.8) is 0 Å². The Morgan fingerprint density at radius 3 is 2.62 bits per heavy atom. The van der Waals surface area contributed by atoms with Crippen LogP contribution in [0, 0.1) is 0 Å². The number of aromatic nitrogens is 1. The van der Waals surface area contributed by atoms with E-state index in [0.29, 0.717) is 5.69 Å². The van der Waals surface area contributed by atoms with Crippen molar-refractivity contribution in [2.24, 2.45) is 5.73 Å². The van der Waals surface area contributed by atoms with Crippen LogP contribution in [0.4, 0.5) is 13.2 Å². The van der Waals surface area contributed by atoms with E-state index in [-0.39, 0.29) is 5.88 Å². The first kappa shape index (κ1) is 11.2. The molecule has 0 aliphatic heterocycles. The van der Waals surface area contributed by atoms with Gasteiger partial charge in [0.05, 0.1) is 11.2 Å². The molecule has 0 saturated heterocycles. The molecule has 0 unspecified atom stereocenters. The van der Waals surface area contributed by atoms with Crippen molar-refractivity contribution in [3.8, 4) is 5.88 Å². The van der Waals surface area contributed by atoms with Gasteiger partial charge in [-0.05, 0) is 18.9 Å². The smallest absolute Gasteiger partial charge is 0.422 e. The van der Waals surface area contributed by atoms with E-state index in [4.69, 9.17) is 5.73 Å². The van der Waals surface area contributed by atoms with Gasteiger partial charge in [-0.25, -0.2) is 4.98 Å². The lowest BCUT2D eigenvalue weighted by Crippen LogP contribution is -2.22. The van der Waals surface area contributed by atoms with E-state index in [1.165, 1.54) is 6.07 Å². The summed E-state index contributed by atoms with van der Waals surface area (Å²) in [5, 5.41) is 0. The van der Waals surface area contributed by atoms with Crippen LogP contribution in [0.2, 0.25) is 0 Å². The van der Waals surface area contributed by atoms with Gasteiger partial charge in [0.25, 0.3) is 0 Å². The number of nitrogens with zero attached hydrogens (tertiary/aromatic N) is 1. The Morgan fingerprint density at radius 2 is 2.06 bits per heavy atom. The summed E-state index contributed by atoms with van der Waals surface area (Å²) in [7, 11) is 0. The number of halogens is 3. The molecule has 3 nitrogen and oxygen atoms in total. The highest BCUT2D eigenvalue weighted by molar-refractivity contribution is 5.26. The standard InChI is InChI=1S/C10H11F3N2O/c11-10(12,13)6-16-8-3-1-2-7(15-8)9(14)4-5-9/h1-3H,4-6,14H2. The van der Waals surface area contributed by atoms with Crippen LogP contribution >= 0.6 is 0 Å². The molecule has 2 rings (SSSR count). The summed E-state index contributed by atoms with van der Waals surface area (Å²) in [5.41, 5.74) is 6.01. The molecule has 16 heavy (non-hydrogen) atoms. The number of nitrogens with two attached hydrogens (primary N) is 1. The Kier molecular flexibility index (Phi) is 2.53. The minimum absolute atomic E-state index is 0.0356. The van der Waals surface area contributed by atoms with Crippen LogP contribution in [0.1, 0.15) is 18.5 Å². The largest absolute Gasteiger partial charge is 0.468 e. The first-order valence-corrected chi connectivity index (χ1v) is 4.85. The monoisotopic (exact) mass is 232 g/mol. The van der Waals surface area contributed by atoms with Crippen molar-refractivity contribution < 1.29 is 17.9 Å². The van der Waals surface area contributed by atoms with Crippen molar-refractivity contribution in [1.82, 2.24) is 4.98 Å². The van der Waals surface area contributed by atoms with Gasteiger partial charge in [-0.1, -0.05) is 6.07 Å². The van der Waals surface area contributed by atoms with Crippen LogP contribution in [0.3, 0.4) is 0 Å². The van der Waals surface area contributed by atoms with E-state index >= 15 is 0 Å². The number of alkyl halides is 3. The fourth-order valence-electron chi connectivity index (χ4n) is 1.32. The fraction of sp³-hybridized carbons (Fsp3) is 0.500. The third-order valence-corrected chi connectivity index (χ3v) is 2.41. The average molecular weight is 232 g/mol. The zero-order valence-corrected chi connectivity index (χ0v) is 8.42. The van der Waals surface area contributed by atoms with E-state index < -0.39 is 18.3 Å². The van der Waals surface area contributed by atoms with Gasteiger partial charge in [0.1, 0.15) is 0 Å². The summed E-state index contributed by atoms with van der Waals surface area (Å²) in [6.07, 6.45) is -2.73. The molecular formula is C10H11F3N2O.